The smallest absolute Gasteiger partial charge is 0.250 e. The number of nitrogens with two attached hydrogens (primary N) is 1. The Morgan fingerprint density at radius 3 is 2.88 bits per heavy atom. The molecular formula is C13H21N3O. The minimum atomic E-state index is 0.0201. The summed E-state index contributed by atoms with van der Waals surface area (Å²) >= 11 is 0. The standard InChI is InChI=1S/C13H21N3O/c1-10(11-3-4-11)15(2)7-8-16-9-12(14)5-6-13(16)17/h5-6,9-11H,3-4,7-8,14H2,1-2H3. The van der Waals surface area contributed by atoms with Gasteiger partial charge in [-0.05, 0) is 38.8 Å². The predicted molar refractivity (Wildman–Crippen MR) is 69.9 cm³/mol. The number of anilines is 1. The van der Waals surface area contributed by atoms with Crippen molar-refractivity contribution in [3.63, 3.8) is 0 Å². The summed E-state index contributed by atoms with van der Waals surface area (Å²) in [6.07, 6.45) is 4.42. The lowest BCUT2D eigenvalue weighted by Gasteiger charge is -2.24. The maximum atomic E-state index is 11.6. The van der Waals surface area contributed by atoms with Crippen molar-refractivity contribution in [2.24, 2.45) is 5.92 Å². The third kappa shape index (κ3) is 3.09. The largest absolute Gasteiger partial charge is 0.398 e. The van der Waals surface area contributed by atoms with E-state index >= 15 is 0 Å². The monoisotopic (exact) mass is 235 g/mol. The molecule has 1 aromatic rings. The number of hydrogen-bond acceptors (Lipinski definition) is 3. The Balaban J connectivity index is 1.92. The zero-order chi connectivity index (χ0) is 12.4. The summed E-state index contributed by atoms with van der Waals surface area (Å²) in [7, 11) is 2.13. The van der Waals surface area contributed by atoms with Gasteiger partial charge in [-0.3, -0.25) is 4.79 Å². The molecule has 1 aromatic heterocycles. The van der Waals surface area contributed by atoms with Gasteiger partial charge in [-0.25, -0.2) is 0 Å². The second-order valence-corrected chi connectivity index (χ2v) is 5.05. The molecule has 1 aliphatic rings. The first-order valence-corrected chi connectivity index (χ1v) is 6.24. The summed E-state index contributed by atoms with van der Waals surface area (Å²) in [4.78, 5) is 13.9. The van der Waals surface area contributed by atoms with E-state index in [0.29, 0.717) is 18.3 Å². The average Bonchev–Trinajstić information content (AvgIpc) is 3.13. The van der Waals surface area contributed by atoms with Gasteiger partial charge in [-0.2, -0.15) is 0 Å². The third-order valence-electron chi connectivity index (χ3n) is 3.70. The van der Waals surface area contributed by atoms with Crippen LogP contribution in [0.5, 0.6) is 0 Å². The van der Waals surface area contributed by atoms with Crippen LogP contribution in [0, 0.1) is 5.92 Å². The number of nitrogens with zero attached hydrogens (tertiary/aromatic N) is 2. The van der Waals surface area contributed by atoms with E-state index in [-0.39, 0.29) is 5.56 Å². The molecule has 2 rings (SSSR count). The van der Waals surface area contributed by atoms with Crippen molar-refractivity contribution >= 4 is 5.69 Å². The van der Waals surface area contributed by atoms with Gasteiger partial charge in [0, 0.05) is 37.1 Å². The maximum Gasteiger partial charge on any atom is 0.250 e. The second-order valence-electron chi connectivity index (χ2n) is 5.05. The van der Waals surface area contributed by atoms with Crippen LogP contribution in [0.4, 0.5) is 5.69 Å². The first-order chi connectivity index (χ1) is 8.08. The number of hydrogen-bond donors (Lipinski definition) is 1. The highest BCUT2D eigenvalue weighted by Crippen LogP contribution is 2.34. The van der Waals surface area contributed by atoms with Crippen molar-refractivity contribution in [3.8, 4) is 0 Å². The Kier molecular flexibility index (Phi) is 3.52. The van der Waals surface area contributed by atoms with Crippen LogP contribution in [0.2, 0.25) is 0 Å². The molecule has 0 spiro atoms. The molecule has 94 valence electrons. The van der Waals surface area contributed by atoms with Crippen LogP contribution in [-0.2, 0) is 6.54 Å². The number of likely N-dealkylation sites (N-methyl/N-ethyl adjacent to an activating group) is 1. The lowest BCUT2D eigenvalue weighted by Crippen LogP contribution is -2.35. The highest BCUT2D eigenvalue weighted by atomic mass is 16.1. The molecule has 0 radical (unpaired) electrons. The van der Waals surface area contributed by atoms with Crippen LogP contribution in [0.25, 0.3) is 0 Å². The molecule has 2 N–H and O–H groups in total. The molecule has 1 heterocycles. The molecule has 17 heavy (non-hydrogen) atoms. The van der Waals surface area contributed by atoms with Crippen LogP contribution in [-0.4, -0.2) is 29.1 Å². The molecule has 4 nitrogen and oxygen atoms in total. The number of nitrogen functional groups attached to an aromatic ring is 1. The van der Waals surface area contributed by atoms with Gasteiger partial charge >= 0.3 is 0 Å². The molecule has 0 amide bonds. The summed E-state index contributed by atoms with van der Waals surface area (Å²) in [5, 5.41) is 0. The van der Waals surface area contributed by atoms with Gasteiger partial charge in [0.05, 0.1) is 0 Å². The molecule has 0 aromatic carbocycles. The van der Waals surface area contributed by atoms with Crippen molar-refractivity contribution in [3.05, 3.63) is 28.7 Å². The van der Waals surface area contributed by atoms with Gasteiger partial charge in [-0.15, -0.1) is 0 Å². The Hall–Kier alpha value is -1.29. The summed E-state index contributed by atoms with van der Waals surface area (Å²) in [5.74, 6) is 0.859. The van der Waals surface area contributed by atoms with Gasteiger partial charge in [-0.1, -0.05) is 0 Å². The fourth-order valence-corrected chi connectivity index (χ4v) is 2.13. The molecule has 1 unspecified atom stereocenters. The lowest BCUT2D eigenvalue weighted by atomic mass is 10.2. The number of rotatable bonds is 5. The molecular weight excluding hydrogens is 214 g/mol. The number of pyridine rings is 1. The van der Waals surface area contributed by atoms with Gasteiger partial charge < -0.3 is 15.2 Å². The van der Waals surface area contributed by atoms with Crippen LogP contribution in [0.1, 0.15) is 19.8 Å². The summed E-state index contributed by atoms with van der Waals surface area (Å²) in [5.41, 5.74) is 6.34. The Morgan fingerprint density at radius 2 is 2.24 bits per heavy atom. The fraction of sp³-hybridized carbons (Fsp3) is 0.615. The van der Waals surface area contributed by atoms with Gasteiger partial charge in [0.25, 0.3) is 5.56 Å². The molecule has 1 atom stereocenters. The van der Waals surface area contributed by atoms with E-state index in [2.05, 4.69) is 18.9 Å². The van der Waals surface area contributed by atoms with Crippen molar-refractivity contribution in [1.82, 2.24) is 9.47 Å². The normalized spacial score (nSPS) is 17.4. The van der Waals surface area contributed by atoms with E-state index in [0.717, 1.165) is 12.5 Å². The molecule has 0 bridgehead atoms. The minimum absolute atomic E-state index is 0.0201. The third-order valence-corrected chi connectivity index (χ3v) is 3.70. The van der Waals surface area contributed by atoms with Crippen LogP contribution >= 0.6 is 0 Å². The maximum absolute atomic E-state index is 11.6. The van der Waals surface area contributed by atoms with Crippen LogP contribution in [0.3, 0.4) is 0 Å². The van der Waals surface area contributed by atoms with Crippen molar-refractivity contribution in [2.45, 2.75) is 32.4 Å². The molecule has 1 saturated carbocycles. The zero-order valence-corrected chi connectivity index (χ0v) is 10.6. The Bertz CT molecular complexity index is 437. The molecule has 0 aliphatic heterocycles. The molecule has 4 heteroatoms. The summed E-state index contributed by atoms with van der Waals surface area (Å²) in [6, 6.07) is 3.79. The highest BCUT2D eigenvalue weighted by molar-refractivity contribution is 5.33. The first kappa shape index (κ1) is 12.2. The van der Waals surface area contributed by atoms with E-state index < -0.39 is 0 Å². The fourth-order valence-electron chi connectivity index (χ4n) is 2.13. The quantitative estimate of drug-likeness (QED) is 0.833. The van der Waals surface area contributed by atoms with E-state index in [9.17, 15) is 4.79 Å². The molecule has 0 saturated heterocycles. The van der Waals surface area contributed by atoms with Crippen molar-refractivity contribution < 1.29 is 0 Å². The Labute approximate surface area is 102 Å². The SMILES string of the molecule is CC(C1CC1)N(C)CCn1cc(N)ccc1=O. The zero-order valence-electron chi connectivity index (χ0n) is 10.6. The molecule has 1 fully saturated rings. The topological polar surface area (TPSA) is 51.3 Å². The summed E-state index contributed by atoms with van der Waals surface area (Å²) < 4.78 is 1.69. The van der Waals surface area contributed by atoms with Crippen LogP contribution in [0.15, 0.2) is 23.1 Å². The van der Waals surface area contributed by atoms with E-state index in [4.69, 9.17) is 5.73 Å². The molecule has 1 aliphatic carbocycles. The minimum Gasteiger partial charge on any atom is -0.398 e. The van der Waals surface area contributed by atoms with Crippen molar-refractivity contribution in [1.29, 1.82) is 0 Å². The highest BCUT2D eigenvalue weighted by Gasteiger charge is 2.30. The van der Waals surface area contributed by atoms with Crippen LogP contribution < -0.4 is 11.3 Å². The van der Waals surface area contributed by atoms with Gasteiger partial charge in [0.2, 0.25) is 0 Å². The average molecular weight is 235 g/mol. The van der Waals surface area contributed by atoms with Gasteiger partial charge in [0.1, 0.15) is 0 Å². The van der Waals surface area contributed by atoms with Gasteiger partial charge in [0.15, 0.2) is 0 Å². The first-order valence-electron chi connectivity index (χ1n) is 6.24. The number of aromatic nitrogens is 1. The predicted octanol–water partition coefficient (Wildman–Crippen LogP) is 1.16. The van der Waals surface area contributed by atoms with E-state index in [1.165, 1.54) is 18.9 Å². The Morgan fingerprint density at radius 1 is 1.53 bits per heavy atom. The van der Waals surface area contributed by atoms with Crippen molar-refractivity contribution in [2.75, 3.05) is 19.3 Å². The summed E-state index contributed by atoms with van der Waals surface area (Å²) in [6.45, 7) is 3.86. The lowest BCUT2D eigenvalue weighted by molar-refractivity contribution is 0.225. The van der Waals surface area contributed by atoms with E-state index in [1.54, 1.807) is 16.8 Å². The second kappa shape index (κ2) is 4.92. The van der Waals surface area contributed by atoms with E-state index in [1.807, 2.05) is 0 Å².